The number of nitrogens with zero attached hydrogens (tertiary/aromatic N) is 1. The summed E-state index contributed by atoms with van der Waals surface area (Å²) in [4.78, 5) is 25.6. The fourth-order valence-corrected chi connectivity index (χ4v) is 2.49. The van der Waals surface area contributed by atoms with Crippen molar-refractivity contribution in [3.63, 3.8) is 0 Å². The second kappa shape index (κ2) is 7.56. The van der Waals surface area contributed by atoms with Crippen LogP contribution in [0.4, 0.5) is 4.39 Å². The van der Waals surface area contributed by atoms with Gasteiger partial charge in [0.25, 0.3) is 11.8 Å². The Hall–Kier alpha value is -2.89. The number of benzene rings is 2. The van der Waals surface area contributed by atoms with Crippen molar-refractivity contribution in [1.29, 1.82) is 0 Å². The van der Waals surface area contributed by atoms with Gasteiger partial charge in [-0.2, -0.15) is 0 Å². The largest absolute Gasteiger partial charge is 0.496 e. The lowest BCUT2D eigenvalue weighted by Crippen LogP contribution is -2.56. The molecule has 6 heteroatoms. The number of hydrazine groups is 1. The van der Waals surface area contributed by atoms with Crippen LogP contribution in [0.15, 0.2) is 42.5 Å². The number of nitrogens with one attached hydrogen (secondary N) is 1. The van der Waals surface area contributed by atoms with E-state index in [9.17, 15) is 14.0 Å². The lowest BCUT2D eigenvalue weighted by Gasteiger charge is -2.35. The summed E-state index contributed by atoms with van der Waals surface area (Å²) in [5.74, 6) is -0.692. The second-order valence-corrected chi connectivity index (χ2v) is 6.89. The van der Waals surface area contributed by atoms with Gasteiger partial charge in [0.2, 0.25) is 0 Å². The zero-order valence-corrected chi connectivity index (χ0v) is 15.6. The molecule has 2 amide bonds. The molecule has 0 atom stereocenters. The van der Waals surface area contributed by atoms with E-state index < -0.39 is 23.2 Å². The maximum Gasteiger partial charge on any atom is 0.272 e. The number of amides is 2. The summed E-state index contributed by atoms with van der Waals surface area (Å²) in [5.41, 5.74) is 3.35. The first-order valence-corrected chi connectivity index (χ1v) is 8.20. The Balaban J connectivity index is 2.33. The SMILES string of the molecule is COc1cccc(C(=O)NN(C(=O)c2ccc(F)cc2)C(C)(C)C)c1C. The van der Waals surface area contributed by atoms with E-state index in [0.29, 0.717) is 16.9 Å². The number of carbonyl (C=O) groups excluding carboxylic acids is 2. The molecular weight excluding hydrogens is 335 g/mol. The molecule has 1 N–H and O–H groups in total. The molecule has 0 aromatic heterocycles. The molecule has 2 rings (SSSR count). The summed E-state index contributed by atoms with van der Waals surface area (Å²) in [6, 6.07) is 10.3. The molecule has 5 nitrogen and oxygen atoms in total. The number of carbonyl (C=O) groups is 2. The van der Waals surface area contributed by atoms with Gasteiger partial charge in [-0.05, 0) is 64.1 Å². The van der Waals surface area contributed by atoms with Gasteiger partial charge in [-0.1, -0.05) is 6.07 Å². The fraction of sp³-hybridized carbons (Fsp3) is 0.300. The number of hydrogen-bond acceptors (Lipinski definition) is 3. The van der Waals surface area contributed by atoms with Crippen LogP contribution in [-0.4, -0.2) is 29.5 Å². The third kappa shape index (κ3) is 4.20. The predicted molar refractivity (Wildman–Crippen MR) is 97.5 cm³/mol. The lowest BCUT2D eigenvalue weighted by atomic mass is 10.1. The van der Waals surface area contributed by atoms with E-state index in [2.05, 4.69) is 5.43 Å². The molecule has 138 valence electrons. The molecule has 0 saturated heterocycles. The Morgan fingerprint density at radius 2 is 1.69 bits per heavy atom. The standard InChI is InChI=1S/C20H23FN2O3/c1-13-16(7-6-8-17(13)26-5)18(24)22-23(20(2,3)4)19(25)14-9-11-15(21)12-10-14/h6-12H,1-5H3,(H,22,24). The molecule has 0 unspecified atom stereocenters. The maximum atomic E-state index is 13.1. The monoisotopic (exact) mass is 358 g/mol. The third-order valence-corrected chi connectivity index (χ3v) is 3.93. The molecule has 0 radical (unpaired) electrons. The van der Waals surface area contributed by atoms with Crippen molar-refractivity contribution in [2.75, 3.05) is 7.11 Å². The highest BCUT2D eigenvalue weighted by Gasteiger charge is 2.30. The van der Waals surface area contributed by atoms with Gasteiger partial charge in [0.05, 0.1) is 12.6 Å². The summed E-state index contributed by atoms with van der Waals surface area (Å²) in [7, 11) is 1.53. The van der Waals surface area contributed by atoms with E-state index in [4.69, 9.17) is 4.74 Å². The van der Waals surface area contributed by atoms with Gasteiger partial charge in [-0.25, -0.2) is 9.40 Å². The molecule has 0 saturated carbocycles. The number of rotatable bonds is 3. The highest BCUT2D eigenvalue weighted by molar-refractivity contribution is 6.00. The summed E-state index contributed by atoms with van der Waals surface area (Å²) < 4.78 is 18.4. The molecule has 2 aromatic carbocycles. The minimum Gasteiger partial charge on any atom is -0.496 e. The Bertz CT molecular complexity index is 811. The smallest absolute Gasteiger partial charge is 0.272 e. The minimum atomic E-state index is -0.687. The molecule has 26 heavy (non-hydrogen) atoms. The van der Waals surface area contributed by atoms with E-state index in [1.807, 2.05) is 0 Å². The molecule has 0 heterocycles. The van der Waals surface area contributed by atoms with Crippen molar-refractivity contribution in [2.45, 2.75) is 33.2 Å². The van der Waals surface area contributed by atoms with Crippen LogP contribution in [0.3, 0.4) is 0 Å². The van der Waals surface area contributed by atoms with Crippen LogP contribution in [0.5, 0.6) is 5.75 Å². The van der Waals surface area contributed by atoms with Gasteiger partial charge < -0.3 is 4.74 Å². The van der Waals surface area contributed by atoms with Crippen LogP contribution in [0.25, 0.3) is 0 Å². The van der Waals surface area contributed by atoms with Crippen molar-refractivity contribution >= 4 is 11.8 Å². The van der Waals surface area contributed by atoms with Gasteiger partial charge >= 0.3 is 0 Å². The quantitative estimate of drug-likeness (QED) is 0.851. The zero-order valence-electron chi connectivity index (χ0n) is 15.6. The van der Waals surface area contributed by atoms with Gasteiger partial charge in [0.1, 0.15) is 11.6 Å². The van der Waals surface area contributed by atoms with Gasteiger partial charge in [0.15, 0.2) is 0 Å². The summed E-state index contributed by atoms with van der Waals surface area (Å²) in [6.07, 6.45) is 0. The van der Waals surface area contributed by atoms with E-state index in [0.717, 1.165) is 0 Å². The van der Waals surface area contributed by atoms with Crippen LogP contribution in [0.1, 0.15) is 47.1 Å². The summed E-state index contributed by atoms with van der Waals surface area (Å²) in [6.45, 7) is 7.17. The lowest BCUT2D eigenvalue weighted by molar-refractivity contribution is 0.0358. The molecule has 0 aliphatic heterocycles. The Kier molecular flexibility index (Phi) is 5.65. The minimum absolute atomic E-state index is 0.281. The maximum absolute atomic E-state index is 13.1. The summed E-state index contributed by atoms with van der Waals surface area (Å²) >= 11 is 0. The molecule has 0 aliphatic carbocycles. The van der Waals surface area contributed by atoms with Crippen molar-refractivity contribution in [3.05, 3.63) is 65.0 Å². The zero-order chi connectivity index (χ0) is 19.5. The molecule has 0 spiro atoms. The third-order valence-electron chi connectivity index (χ3n) is 3.93. The van der Waals surface area contributed by atoms with E-state index in [1.165, 1.54) is 36.4 Å². The highest BCUT2D eigenvalue weighted by atomic mass is 19.1. The first kappa shape index (κ1) is 19.4. The van der Waals surface area contributed by atoms with Crippen molar-refractivity contribution in [1.82, 2.24) is 10.4 Å². The predicted octanol–water partition coefficient (Wildman–Crippen LogP) is 3.73. The second-order valence-electron chi connectivity index (χ2n) is 6.89. The molecule has 0 bridgehead atoms. The topological polar surface area (TPSA) is 58.6 Å². The van der Waals surface area contributed by atoms with Gasteiger partial charge in [0, 0.05) is 16.7 Å². The first-order chi connectivity index (χ1) is 12.1. The first-order valence-electron chi connectivity index (χ1n) is 8.20. The molecule has 2 aromatic rings. The van der Waals surface area contributed by atoms with Crippen molar-refractivity contribution < 1.29 is 18.7 Å². The normalized spacial score (nSPS) is 11.0. The van der Waals surface area contributed by atoms with Crippen LogP contribution in [-0.2, 0) is 0 Å². The van der Waals surface area contributed by atoms with Crippen molar-refractivity contribution in [2.24, 2.45) is 0 Å². The number of ether oxygens (including phenoxy) is 1. The molecule has 0 fully saturated rings. The fourth-order valence-electron chi connectivity index (χ4n) is 2.49. The van der Waals surface area contributed by atoms with E-state index in [1.54, 1.807) is 45.9 Å². The van der Waals surface area contributed by atoms with Gasteiger partial charge in [-0.3, -0.25) is 15.0 Å². The average molecular weight is 358 g/mol. The number of halogens is 1. The van der Waals surface area contributed by atoms with E-state index in [-0.39, 0.29) is 5.56 Å². The van der Waals surface area contributed by atoms with Crippen LogP contribution < -0.4 is 10.2 Å². The van der Waals surface area contributed by atoms with Gasteiger partial charge in [-0.15, -0.1) is 0 Å². The van der Waals surface area contributed by atoms with E-state index >= 15 is 0 Å². The number of hydrogen-bond donors (Lipinski definition) is 1. The Morgan fingerprint density at radius 1 is 1.08 bits per heavy atom. The Morgan fingerprint density at radius 3 is 2.23 bits per heavy atom. The Labute approximate surface area is 152 Å². The molecule has 0 aliphatic rings. The highest BCUT2D eigenvalue weighted by Crippen LogP contribution is 2.22. The summed E-state index contributed by atoms with van der Waals surface area (Å²) in [5, 5.41) is 1.25. The average Bonchev–Trinajstić information content (AvgIpc) is 2.58. The van der Waals surface area contributed by atoms with Crippen LogP contribution in [0.2, 0.25) is 0 Å². The van der Waals surface area contributed by atoms with Crippen molar-refractivity contribution in [3.8, 4) is 5.75 Å². The van der Waals surface area contributed by atoms with Crippen LogP contribution >= 0.6 is 0 Å². The number of methoxy groups -OCH3 is 1. The van der Waals surface area contributed by atoms with Crippen LogP contribution in [0, 0.1) is 12.7 Å². The molecular formula is C20H23FN2O3.